The van der Waals surface area contributed by atoms with Gasteiger partial charge in [-0.25, -0.2) is 0 Å². The first-order valence-electron chi connectivity index (χ1n) is 11.0. The van der Waals surface area contributed by atoms with Crippen molar-refractivity contribution in [1.29, 1.82) is 0 Å². The summed E-state index contributed by atoms with van der Waals surface area (Å²) in [6, 6.07) is 1.00. The van der Waals surface area contributed by atoms with Gasteiger partial charge >= 0.3 is 0 Å². The van der Waals surface area contributed by atoms with E-state index in [1.54, 1.807) is 0 Å². The van der Waals surface area contributed by atoms with Crippen LogP contribution in [0, 0.1) is 23.7 Å². The maximum absolute atomic E-state index is 5.93. The van der Waals surface area contributed by atoms with Gasteiger partial charge in [0, 0.05) is 12.1 Å². The molecule has 4 nitrogen and oxygen atoms in total. The van der Waals surface area contributed by atoms with Gasteiger partial charge in [-0.3, -0.25) is 0 Å². The van der Waals surface area contributed by atoms with E-state index >= 15 is 0 Å². The molecular weight excluding hydrogens is 308 g/mol. The second-order valence-corrected chi connectivity index (χ2v) is 9.17. The highest BCUT2D eigenvalue weighted by atomic mass is 14.6. The molecule has 3 aliphatic carbocycles. The van der Waals surface area contributed by atoms with Gasteiger partial charge < -0.3 is 22.9 Å². The molecule has 3 fully saturated rings. The molecule has 0 aromatic carbocycles. The zero-order valence-corrected chi connectivity index (χ0v) is 16.4. The van der Waals surface area contributed by atoms with Gasteiger partial charge in [-0.2, -0.15) is 0 Å². The molecule has 0 saturated heterocycles. The van der Waals surface area contributed by atoms with Gasteiger partial charge in [-0.1, -0.05) is 6.42 Å². The van der Waals surface area contributed by atoms with Crippen LogP contribution in [-0.4, -0.2) is 25.2 Å². The van der Waals surface area contributed by atoms with Crippen molar-refractivity contribution in [2.75, 3.05) is 13.1 Å². The second kappa shape index (κ2) is 11.5. The Kier molecular flexibility index (Phi) is 9.75. The van der Waals surface area contributed by atoms with Crippen LogP contribution in [0.15, 0.2) is 0 Å². The van der Waals surface area contributed by atoms with Crippen LogP contribution in [0.1, 0.15) is 83.5 Å². The molecule has 0 aliphatic heterocycles. The monoisotopic (exact) mass is 352 g/mol. The minimum absolute atomic E-state index is 0.501. The summed E-state index contributed by atoms with van der Waals surface area (Å²) in [6.45, 7) is 1.72. The molecule has 0 aromatic rings. The Hall–Kier alpha value is -0.160. The molecule has 3 rings (SSSR count). The van der Waals surface area contributed by atoms with Gasteiger partial charge in [-0.05, 0) is 114 Å². The molecular formula is C21H44N4. The highest BCUT2D eigenvalue weighted by Crippen LogP contribution is 2.34. The Morgan fingerprint density at radius 3 is 1.28 bits per heavy atom. The van der Waals surface area contributed by atoms with Crippen molar-refractivity contribution in [2.45, 2.75) is 95.6 Å². The van der Waals surface area contributed by atoms with Gasteiger partial charge in [-0.15, -0.1) is 0 Å². The zero-order valence-electron chi connectivity index (χ0n) is 16.4. The summed E-state index contributed by atoms with van der Waals surface area (Å²) in [5.74, 6) is 3.48. The van der Waals surface area contributed by atoms with Crippen molar-refractivity contribution in [2.24, 2.45) is 46.6 Å². The van der Waals surface area contributed by atoms with Crippen LogP contribution in [-0.2, 0) is 0 Å². The van der Waals surface area contributed by atoms with Crippen LogP contribution in [0.4, 0.5) is 0 Å². The number of rotatable bonds is 4. The van der Waals surface area contributed by atoms with Gasteiger partial charge in [0.05, 0.1) is 0 Å². The molecule has 3 saturated carbocycles. The highest BCUT2D eigenvalue weighted by molar-refractivity contribution is 4.80. The maximum Gasteiger partial charge on any atom is 0.00390 e. The maximum atomic E-state index is 5.93. The molecule has 2 unspecified atom stereocenters. The Bertz CT molecular complexity index is 303. The van der Waals surface area contributed by atoms with E-state index in [-0.39, 0.29) is 0 Å². The summed E-state index contributed by atoms with van der Waals surface area (Å²) in [6.07, 6.45) is 17.3. The van der Waals surface area contributed by atoms with E-state index in [1.807, 2.05) is 0 Å². The van der Waals surface area contributed by atoms with E-state index in [2.05, 4.69) is 0 Å². The molecule has 4 heteroatoms. The van der Waals surface area contributed by atoms with Crippen LogP contribution in [0.25, 0.3) is 0 Å². The van der Waals surface area contributed by atoms with Crippen molar-refractivity contribution in [3.63, 3.8) is 0 Å². The fraction of sp³-hybridized carbons (Fsp3) is 1.00. The number of hydrogen-bond acceptors (Lipinski definition) is 4. The minimum atomic E-state index is 0.501. The van der Waals surface area contributed by atoms with Gasteiger partial charge in [0.15, 0.2) is 0 Å². The van der Waals surface area contributed by atoms with E-state index in [4.69, 9.17) is 22.9 Å². The standard InChI is InChI=1S/C13H26N2.C8H18N2/c14-12-5-1-10(2-6-12)9-11-3-7-13(15)8-4-11;9-5-7-2-1-3-8(4-7)6-10/h10-13H,1-9,14-15H2;7-8H,1-6,9-10H2. The molecule has 0 heterocycles. The predicted molar refractivity (Wildman–Crippen MR) is 108 cm³/mol. The third-order valence-corrected chi connectivity index (χ3v) is 7.01. The Balaban J connectivity index is 0.000000196. The Morgan fingerprint density at radius 1 is 0.520 bits per heavy atom. The van der Waals surface area contributed by atoms with Gasteiger partial charge in [0.25, 0.3) is 0 Å². The van der Waals surface area contributed by atoms with Crippen LogP contribution in [0.2, 0.25) is 0 Å². The number of hydrogen-bond donors (Lipinski definition) is 4. The zero-order chi connectivity index (χ0) is 18.1. The summed E-state index contributed by atoms with van der Waals surface area (Å²) in [5, 5.41) is 0. The largest absolute Gasteiger partial charge is 0.330 e. The van der Waals surface area contributed by atoms with Crippen molar-refractivity contribution in [3.8, 4) is 0 Å². The van der Waals surface area contributed by atoms with Gasteiger partial charge in [0.1, 0.15) is 0 Å². The summed E-state index contributed by atoms with van der Waals surface area (Å²) in [5.41, 5.74) is 23.0. The van der Waals surface area contributed by atoms with Crippen LogP contribution >= 0.6 is 0 Å². The molecule has 0 amide bonds. The molecule has 8 N–H and O–H groups in total. The van der Waals surface area contributed by atoms with Gasteiger partial charge in [0.2, 0.25) is 0 Å². The van der Waals surface area contributed by atoms with Crippen molar-refractivity contribution >= 4 is 0 Å². The molecule has 148 valence electrons. The lowest BCUT2D eigenvalue weighted by atomic mass is 9.76. The molecule has 0 radical (unpaired) electrons. The SMILES string of the molecule is NC1CCC(CC2CCC(N)CC2)CC1.NCC1CCCC(CN)C1. The molecule has 0 aromatic heterocycles. The summed E-state index contributed by atoms with van der Waals surface area (Å²) < 4.78 is 0. The lowest BCUT2D eigenvalue weighted by molar-refractivity contribution is 0.225. The minimum Gasteiger partial charge on any atom is -0.330 e. The van der Waals surface area contributed by atoms with Crippen LogP contribution < -0.4 is 22.9 Å². The van der Waals surface area contributed by atoms with Crippen molar-refractivity contribution in [3.05, 3.63) is 0 Å². The lowest BCUT2D eigenvalue weighted by Crippen LogP contribution is -2.30. The molecule has 0 bridgehead atoms. The summed E-state index contributed by atoms with van der Waals surface area (Å²) in [7, 11) is 0. The molecule has 0 spiro atoms. The van der Waals surface area contributed by atoms with E-state index in [0.29, 0.717) is 12.1 Å². The van der Waals surface area contributed by atoms with E-state index in [1.165, 1.54) is 83.5 Å². The molecule has 3 aliphatic rings. The fourth-order valence-corrected chi connectivity index (χ4v) is 5.15. The smallest absolute Gasteiger partial charge is 0.00390 e. The first-order chi connectivity index (χ1) is 12.1. The molecule has 2 atom stereocenters. The number of nitrogens with two attached hydrogens (primary N) is 4. The van der Waals surface area contributed by atoms with E-state index < -0.39 is 0 Å². The highest BCUT2D eigenvalue weighted by Gasteiger charge is 2.24. The van der Waals surface area contributed by atoms with Crippen LogP contribution in [0.5, 0.6) is 0 Å². The summed E-state index contributed by atoms with van der Waals surface area (Å²) in [4.78, 5) is 0. The quantitative estimate of drug-likeness (QED) is 0.624. The summed E-state index contributed by atoms with van der Waals surface area (Å²) >= 11 is 0. The molecule has 25 heavy (non-hydrogen) atoms. The Morgan fingerprint density at radius 2 is 0.920 bits per heavy atom. The van der Waals surface area contributed by atoms with Crippen molar-refractivity contribution < 1.29 is 0 Å². The average molecular weight is 353 g/mol. The van der Waals surface area contributed by atoms with Crippen molar-refractivity contribution in [1.82, 2.24) is 0 Å². The third-order valence-electron chi connectivity index (χ3n) is 7.01. The van der Waals surface area contributed by atoms with E-state index in [9.17, 15) is 0 Å². The first-order valence-corrected chi connectivity index (χ1v) is 11.0. The van der Waals surface area contributed by atoms with Crippen LogP contribution in [0.3, 0.4) is 0 Å². The second-order valence-electron chi connectivity index (χ2n) is 9.17. The first kappa shape index (κ1) is 21.1. The lowest BCUT2D eigenvalue weighted by Gasteiger charge is -2.32. The fourth-order valence-electron chi connectivity index (χ4n) is 5.15. The Labute approximate surface area is 155 Å². The third kappa shape index (κ3) is 7.94. The normalized spacial score (nSPS) is 39.4. The average Bonchev–Trinajstić information content (AvgIpc) is 2.66. The van der Waals surface area contributed by atoms with E-state index in [0.717, 1.165) is 36.8 Å². The topological polar surface area (TPSA) is 104 Å². The predicted octanol–water partition coefficient (Wildman–Crippen LogP) is 3.12.